The first-order valence-corrected chi connectivity index (χ1v) is 6.73. The third-order valence-corrected chi connectivity index (χ3v) is 2.68. The fourth-order valence-corrected chi connectivity index (χ4v) is 1.90. The van der Waals surface area contributed by atoms with Crippen LogP contribution >= 0.6 is 0 Å². The maximum Gasteiger partial charge on any atom is 0.321 e. The van der Waals surface area contributed by atoms with Gasteiger partial charge in [-0.2, -0.15) is 0 Å². The van der Waals surface area contributed by atoms with E-state index >= 15 is 0 Å². The highest BCUT2D eigenvalue weighted by molar-refractivity contribution is 5.95. The SMILES string of the molecule is CC(C)CN(CC(=O)NC(=O)NC(C)C)C1CC1. The van der Waals surface area contributed by atoms with E-state index < -0.39 is 6.03 Å². The Morgan fingerprint density at radius 3 is 2.28 bits per heavy atom. The predicted molar refractivity (Wildman–Crippen MR) is 71.2 cm³/mol. The van der Waals surface area contributed by atoms with Crippen LogP contribution in [0.5, 0.6) is 0 Å². The van der Waals surface area contributed by atoms with E-state index in [1.807, 2.05) is 13.8 Å². The van der Waals surface area contributed by atoms with Gasteiger partial charge in [-0.15, -0.1) is 0 Å². The zero-order chi connectivity index (χ0) is 13.7. The Balaban J connectivity index is 2.34. The molecule has 1 fully saturated rings. The first kappa shape index (κ1) is 15.0. The maximum atomic E-state index is 11.7. The van der Waals surface area contributed by atoms with Gasteiger partial charge in [-0.25, -0.2) is 4.79 Å². The molecule has 0 aliphatic heterocycles. The molecule has 1 aliphatic carbocycles. The lowest BCUT2D eigenvalue weighted by Gasteiger charge is -2.23. The van der Waals surface area contributed by atoms with Crippen LogP contribution in [0.3, 0.4) is 0 Å². The Morgan fingerprint density at radius 2 is 1.83 bits per heavy atom. The van der Waals surface area contributed by atoms with Gasteiger partial charge in [0.25, 0.3) is 0 Å². The van der Waals surface area contributed by atoms with E-state index in [0.29, 0.717) is 18.5 Å². The van der Waals surface area contributed by atoms with Crippen LogP contribution in [-0.2, 0) is 4.79 Å². The smallest absolute Gasteiger partial charge is 0.321 e. The zero-order valence-corrected chi connectivity index (χ0v) is 11.8. The molecule has 0 aromatic rings. The highest BCUT2D eigenvalue weighted by atomic mass is 16.2. The van der Waals surface area contributed by atoms with Crippen molar-refractivity contribution in [3.05, 3.63) is 0 Å². The van der Waals surface area contributed by atoms with E-state index in [4.69, 9.17) is 0 Å². The molecule has 0 saturated heterocycles. The topological polar surface area (TPSA) is 61.4 Å². The minimum Gasteiger partial charge on any atom is -0.336 e. The van der Waals surface area contributed by atoms with Crippen LogP contribution in [0.15, 0.2) is 0 Å². The molecule has 0 radical (unpaired) electrons. The molecule has 1 rings (SSSR count). The number of carbonyl (C=O) groups is 2. The van der Waals surface area contributed by atoms with Crippen LogP contribution in [0.2, 0.25) is 0 Å². The van der Waals surface area contributed by atoms with Crippen LogP contribution in [0.4, 0.5) is 4.79 Å². The number of imide groups is 1. The van der Waals surface area contributed by atoms with Crippen LogP contribution in [-0.4, -0.2) is 42.0 Å². The Labute approximate surface area is 109 Å². The number of carbonyl (C=O) groups excluding carboxylic acids is 2. The molecule has 104 valence electrons. The van der Waals surface area contributed by atoms with Crippen LogP contribution in [0.25, 0.3) is 0 Å². The molecule has 0 atom stereocenters. The molecule has 1 saturated carbocycles. The Bertz CT molecular complexity index is 299. The summed E-state index contributed by atoms with van der Waals surface area (Å²) in [5.74, 6) is 0.309. The van der Waals surface area contributed by atoms with Gasteiger partial charge < -0.3 is 5.32 Å². The average molecular weight is 255 g/mol. The lowest BCUT2D eigenvalue weighted by molar-refractivity contribution is -0.121. The van der Waals surface area contributed by atoms with E-state index in [2.05, 4.69) is 29.4 Å². The van der Waals surface area contributed by atoms with Crippen molar-refractivity contribution in [1.82, 2.24) is 15.5 Å². The summed E-state index contributed by atoms with van der Waals surface area (Å²) in [5.41, 5.74) is 0. The molecular formula is C13H25N3O2. The van der Waals surface area contributed by atoms with Crippen molar-refractivity contribution in [2.24, 2.45) is 5.92 Å². The third-order valence-electron chi connectivity index (χ3n) is 2.68. The van der Waals surface area contributed by atoms with Gasteiger partial charge in [0.05, 0.1) is 6.54 Å². The van der Waals surface area contributed by atoms with Crippen molar-refractivity contribution in [2.45, 2.75) is 52.6 Å². The lowest BCUT2D eigenvalue weighted by Crippen LogP contribution is -2.47. The van der Waals surface area contributed by atoms with Gasteiger partial charge in [-0.1, -0.05) is 13.8 Å². The van der Waals surface area contributed by atoms with E-state index in [9.17, 15) is 9.59 Å². The number of urea groups is 1. The molecule has 0 unspecified atom stereocenters. The van der Waals surface area contributed by atoms with Gasteiger partial charge in [0.1, 0.15) is 0 Å². The molecule has 0 aromatic carbocycles. The molecule has 18 heavy (non-hydrogen) atoms. The number of amides is 3. The fourth-order valence-electron chi connectivity index (χ4n) is 1.90. The molecule has 1 aliphatic rings. The number of nitrogens with one attached hydrogen (secondary N) is 2. The third kappa shape index (κ3) is 6.00. The fraction of sp³-hybridized carbons (Fsp3) is 0.846. The van der Waals surface area contributed by atoms with Gasteiger partial charge in [-0.3, -0.25) is 15.0 Å². The summed E-state index contributed by atoms with van der Waals surface area (Å²) < 4.78 is 0. The summed E-state index contributed by atoms with van der Waals surface area (Å²) in [6.45, 7) is 9.22. The van der Waals surface area contributed by atoms with Gasteiger partial charge >= 0.3 is 6.03 Å². The van der Waals surface area contributed by atoms with Gasteiger partial charge in [-0.05, 0) is 32.6 Å². The average Bonchev–Trinajstić information content (AvgIpc) is 2.96. The summed E-state index contributed by atoms with van der Waals surface area (Å²) in [6, 6.07) is 0.162. The molecule has 5 nitrogen and oxygen atoms in total. The summed E-state index contributed by atoms with van der Waals surface area (Å²) >= 11 is 0. The van der Waals surface area contributed by atoms with Crippen molar-refractivity contribution in [1.29, 1.82) is 0 Å². The van der Waals surface area contributed by atoms with Crippen molar-refractivity contribution >= 4 is 11.9 Å². The minimum absolute atomic E-state index is 0.0352. The van der Waals surface area contributed by atoms with E-state index in [-0.39, 0.29) is 11.9 Å². The van der Waals surface area contributed by atoms with Crippen molar-refractivity contribution in [3.8, 4) is 0 Å². The predicted octanol–water partition coefficient (Wildman–Crippen LogP) is 1.34. The van der Waals surface area contributed by atoms with Gasteiger partial charge in [0, 0.05) is 18.6 Å². The minimum atomic E-state index is -0.407. The van der Waals surface area contributed by atoms with Crippen molar-refractivity contribution < 1.29 is 9.59 Å². The zero-order valence-electron chi connectivity index (χ0n) is 11.8. The summed E-state index contributed by atoms with van der Waals surface area (Å²) in [4.78, 5) is 25.3. The molecule has 0 heterocycles. The first-order valence-electron chi connectivity index (χ1n) is 6.73. The second-order valence-electron chi connectivity index (χ2n) is 5.73. The number of hydrogen-bond acceptors (Lipinski definition) is 3. The highest BCUT2D eigenvalue weighted by Gasteiger charge is 2.30. The van der Waals surface area contributed by atoms with E-state index in [1.54, 1.807) is 0 Å². The summed E-state index contributed by atoms with van der Waals surface area (Å²) in [7, 11) is 0. The molecule has 3 amide bonds. The molecule has 0 aromatic heterocycles. The second kappa shape index (κ2) is 6.73. The van der Waals surface area contributed by atoms with Crippen LogP contribution in [0, 0.1) is 5.92 Å². The first-order chi connectivity index (χ1) is 8.38. The number of rotatable bonds is 6. The second-order valence-corrected chi connectivity index (χ2v) is 5.73. The van der Waals surface area contributed by atoms with Gasteiger partial charge in [0.2, 0.25) is 5.91 Å². The van der Waals surface area contributed by atoms with E-state index in [1.165, 1.54) is 0 Å². The van der Waals surface area contributed by atoms with Crippen LogP contribution < -0.4 is 10.6 Å². The van der Waals surface area contributed by atoms with Crippen LogP contribution in [0.1, 0.15) is 40.5 Å². The molecule has 2 N–H and O–H groups in total. The number of nitrogens with zero attached hydrogens (tertiary/aromatic N) is 1. The molecule has 0 bridgehead atoms. The highest BCUT2D eigenvalue weighted by Crippen LogP contribution is 2.27. The monoisotopic (exact) mass is 255 g/mol. The largest absolute Gasteiger partial charge is 0.336 e. The summed E-state index contributed by atoms with van der Waals surface area (Å²) in [5, 5.41) is 5.01. The Morgan fingerprint density at radius 1 is 1.22 bits per heavy atom. The quantitative estimate of drug-likeness (QED) is 0.753. The van der Waals surface area contributed by atoms with Crippen molar-refractivity contribution in [2.75, 3.05) is 13.1 Å². The maximum absolute atomic E-state index is 11.7. The standard InChI is InChI=1S/C13H25N3O2/c1-9(2)7-16(11-5-6-11)8-12(17)15-13(18)14-10(3)4/h9-11H,5-8H2,1-4H3,(H2,14,15,17,18). The van der Waals surface area contributed by atoms with Gasteiger partial charge in [0.15, 0.2) is 0 Å². The molecule has 0 spiro atoms. The lowest BCUT2D eigenvalue weighted by atomic mass is 10.2. The molecular weight excluding hydrogens is 230 g/mol. The summed E-state index contributed by atoms with van der Waals surface area (Å²) in [6.07, 6.45) is 2.33. The van der Waals surface area contributed by atoms with E-state index in [0.717, 1.165) is 19.4 Å². The van der Waals surface area contributed by atoms with Crippen molar-refractivity contribution in [3.63, 3.8) is 0 Å². The Kier molecular flexibility index (Phi) is 5.59. The Hall–Kier alpha value is -1.10. The molecule has 5 heteroatoms. The number of hydrogen-bond donors (Lipinski definition) is 2. The normalized spacial score (nSPS) is 15.3.